The van der Waals surface area contributed by atoms with Gasteiger partial charge in [-0.25, -0.2) is 0 Å². The van der Waals surface area contributed by atoms with Crippen LogP contribution in [-0.2, 0) is 25.6 Å². The van der Waals surface area contributed by atoms with Crippen LogP contribution in [0.25, 0.3) is 0 Å². The number of hydrogen-bond acceptors (Lipinski definition) is 5. The van der Waals surface area contributed by atoms with Gasteiger partial charge in [0.25, 0.3) is 5.91 Å². The quantitative estimate of drug-likeness (QED) is 0.625. The van der Waals surface area contributed by atoms with Gasteiger partial charge in [-0.3, -0.25) is 24.5 Å². The maximum Gasteiger partial charge on any atom is 0.253 e. The Kier molecular flexibility index (Phi) is 6.53. The number of carbonyl (C=O) groups excluding carboxylic acids is 4. The molecule has 7 nitrogen and oxygen atoms in total. The highest BCUT2D eigenvalue weighted by molar-refractivity contribution is 8.04. The number of piperidine rings is 1. The molecule has 1 fully saturated rings. The predicted molar refractivity (Wildman–Crippen MR) is 106 cm³/mol. The van der Waals surface area contributed by atoms with E-state index >= 15 is 0 Å². The summed E-state index contributed by atoms with van der Waals surface area (Å²) in [5.41, 5.74) is 1.49. The number of benzene rings is 1. The van der Waals surface area contributed by atoms with E-state index in [1.807, 2.05) is 30.3 Å². The number of amides is 4. The third-order valence-electron chi connectivity index (χ3n) is 4.22. The summed E-state index contributed by atoms with van der Waals surface area (Å²) >= 11 is 7.34. The summed E-state index contributed by atoms with van der Waals surface area (Å²) in [5.74, 6) is -1.35. The summed E-state index contributed by atoms with van der Waals surface area (Å²) < 4.78 is 0.412. The molecular formula is C19H18ClN3O4S. The smallest absolute Gasteiger partial charge is 0.253 e. The van der Waals surface area contributed by atoms with Crippen molar-refractivity contribution in [1.82, 2.24) is 16.0 Å². The highest BCUT2D eigenvalue weighted by atomic mass is 35.5. The Hall–Kier alpha value is -2.58. The van der Waals surface area contributed by atoms with Gasteiger partial charge in [0, 0.05) is 17.9 Å². The van der Waals surface area contributed by atoms with Gasteiger partial charge in [0.15, 0.2) is 0 Å². The maximum absolute atomic E-state index is 12.7. The molecule has 1 unspecified atom stereocenters. The minimum atomic E-state index is -0.805. The Morgan fingerprint density at radius 2 is 1.96 bits per heavy atom. The number of thioether (sulfide) groups is 1. The number of hydrogen-bond donors (Lipinski definition) is 3. The first kappa shape index (κ1) is 20.2. The second-order valence-electron chi connectivity index (χ2n) is 6.32. The first-order chi connectivity index (χ1) is 13.4. The molecule has 0 spiro atoms. The molecule has 1 aromatic carbocycles. The number of carbonyl (C=O) groups is 4. The van der Waals surface area contributed by atoms with Crippen molar-refractivity contribution in [2.45, 2.75) is 25.3 Å². The van der Waals surface area contributed by atoms with Gasteiger partial charge in [-0.1, -0.05) is 41.9 Å². The summed E-state index contributed by atoms with van der Waals surface area (Å²) in [6, 6.07) is 8.44. The van der Waals surface area contributed by atoms with E-state index in [1.165, 1.54) is 17.8 Å². The lowest BCUT2D eigenvalue weighted by molar-refractivity contribution is -0.136. The first-order valence-corrected chi connectivity index (χ1v) is 10.00. The third kappa shape index (κ3) is 5.24. The van der Waals surface area contributed by atoms with Crippen molar-refractivity contribution >= 4 is 47.0 Å². The van der Waals surface area contributed by atoms with Crippen LogP contribution in [0.2, 0.25) is 0 Å². The van der Waals surface area contributed by atoms with Crippen LogP contribution in [0.3, 0.4) is 0 Å². The normalized spacial score (nSPS) is 19.6. The molecule has 0 aromatic heterocycles. The molecule has 1 aromatic rings. The van der Waals surface area contributed by atoms with Gasteiger partial charge in [0.1, 0.15) is 6.04 Å². The predicted octanol–water partition coefficient (Wildman–Crippen LogP) is 1.35. The van der Waals surface area contributed by atoms with Gasteiger partial charge in [0.2, 0.25) is 17.7 Å². The Morgan fingerprint density at radius 3 is 2.68 bits per heavy atom. The molecule has 146 valence electrons. The monoisotopic (exact) mass is 419 g/mol. The molecule has 0 saturated carbocycles. The SMILES string of the molecule is O=C1CCC(NC(=O)C2=C(NC(=O)Cc3ccccc3)CSC(Cl)=C2)C(=O)N1. The Balaban J connectivity index is 1.72. The Morgan fingerprint density at radius 1 is 1.21 bits per heavy atom. The van der Waals surface area contributed by atoms with Crippen LogP contribution in [-0.4, -0.2) is 35.4 Å². The number of nitrogens with one attached hydrogen (secondary N) is 3. The lowest BCUT2D eigenvalue weighted by atomic mass is 10.0. The fourth-order valence-corrected chi connectivity index (χ4v) is 3.81. The molecule has 0 aliphatic carbocycles. The van der Waals surface area contributed by atoms with Crippen molar-refractivity contribution in [3.05, 3.63) is 57.6 Å². The van der Waals surface area contributed by atoms with Crippen molar-refractivity contribution in [2.24, 2.45) is 0 Å². The van der Waals surface area contributed by atoms with E-state index in [1.54, 1.807) is 0 Å². The molecule has 1 atom stereocenters. The van der Waals surface area contributed by atoms with Crippen LogP contribution >= 0.6 is 23.4 Å². The first-order valence-electron chi connectivity index (χ1n) is 8.64. The zero-order valence-corrected chi connectivity index (χ0v) is 16.4. The molecule has 3 rings (SSSR count). The van der Waals surface area contributed by atoms with Crippen molar-refractivity contribution in [2.75, 3.05) is 5.75 Å². The van der Waals surface area contributed by atoms with Gasteiger partial charge in [-0.05, 0) is 18.1 Å². The number of halogens is 1. The Bertz CT molecular complexity index is 882. The highest BCUT2D eigenvalue weighted by Crippen LogP contribution is 2.30. The third-order valence-corrected chi connectivity index (χ3v) is 5.49. The van der Waals surface area contributed by atoms with Crippen LogP contribution < -0.4 is 16.0 Å². The standard InChI is InChI=1S/C19H18ClN3O4S/c20-15-9-12(18(26)22-13-6-7-16(24)23-19(13)27)14(10-28-15)21-17(25)8-11-4-2-1-3-5-11/h1-5,9,13H,6-8,10H2,(H,21,25)(H,22,26)(H,23,24,27). The van der Waals surface area contributed by atoms with Crippen LogP contribution in [0.5, 0.6) is 0 Å². The molecular weight excluding hydrogens is 402 g/mol. The van der Waals surface area contributed by atoms with Crippen LogP contribution in [0.4, 0.5) is 0 Å². The minimum absolute atomic E-state index is 0.156. The van der Waals surface area contributed by atoms with Crippen LogP contribution in [0, 0.1) is 0 Å². The van der Waals surface area contributed by atoms with E-state index < -0.39 is 17.9 Å². The van der Waals surface area contributed by atoms with E-state index in [-0.39, 0.29) is 36.6 Å². The van der Waals surface area contributed by atoms with Gasteiger partial charge in [-0.2, -0.15) is 0 Å². The number of rotatable bonds is 5. The van der Waals surface area contributed by atoms with E-state index in [0.29, 0.717) is 15.8 Å². The maximum atomic E-state index is 12.7. The van der Waals surface area contributed by atoms with Crippen molar-refractivity contribution in [3.8, 4) is 0 Å². The van der Waals surface area contributed by atoms with Gasteiger partial charge in [-0.15, -0.1) is 11.8 Å². The molecule has 9 heteroatoms. The average molecular weight is 420 g/mol. The molecule has 0 radical (unpaired) electrons. The average Bonchev–Trinajstić information content (AvgIpc) is 2.66. The topological polar surface area (TPSA) is 104 Å². The van der Waals surface area contributed by atoms with Gasteiger partial charge in [0.05, 0.1) is 16.4 Å². The van der Waals surface area contributed by atoms with Crippen molar-refractivity contribution in [1.29, 1.82) is 0 Å². The zero-order valence-electron chi connectivity index (χ0n) is 14.8. The second-order valence-corrected chi connectivity index (χ2v) is 7.97. The van der Waals surface area contributed by atoms with E-state index in [2.05, 4.69) is 16.0 Å². The summed E-state index contributed by atoms with van der Waals surface area (Å²) in [6.45, 7) is 0. The second kappa shape index (κ2) is 9.07. The molecule has 0 bridgehead atoms. The lowest BCUT2D eigenvalue weighted by Gasteiger charge is -2.24. The molecule has 28 heavy (non-hydrogen) atoms. The molecule has 4 amide bonds. The van der Waals surface area contributed by atoms with Crippen molar-refractivity contribution < 1.29 is 19.2 Å². The molecule has 2 heterocycles. The summed E-state index contributed by atoms with van der Waals surface area (Å²) in [6.07, 6.45) is 2.03. The summed E-state index contributed by atoms with van der Waals surface area (Å²) in [5, 5.41) is 7.58. The Labute approximate surface area is 171 Å². The van der Waals surface area contributed by atoms with Gasteiger partial charge < -0.3 is 10.6 Å². The fourth-order valence-electron chi connectivity index (χ4n) is 2.83. The van der Waals surface area contributed by atoms with Crippen LogP contribution in [0.15, 0.2) is 52.0 Å². The summed E-state index contributed by atoms with van der Waals surface area (Å²) in [7, 11) is 0. The van der Waals surface area contributed by atoms with E-state index in [0.717, 1.165) is 5.56 Å². The zero-order chi connectivity index (χ0) is 20.1. The van der Waals surface area contributed by atoms with E-state index in [9.17, 15) is 19.2 Å². The molecule has 2 aliphatic heterocycles. The summed E-state index contributed by atoms with van der Waals surface area (Å²) in [4.78, 5) is 48.2. The van der Waals surface area contributed by atoms with E-state index in [4.69, 9.17) is 11.6 Å². The fraction of sp³-hybridized carbons (Fsp3) is 0.263. The lowest BCUT2D eigenvalue weighted by Crippen LogP contribution is -2.52. The largest absolute Gasteiger partial charge is 0.340 e. The highest BCUT2D eigenvalue weighted by Gasteiger charge is 2.30. The molecule has 2 aliphatic rings. The minimum Gasteiger partial charge on any atom is -0.340 e. The molecule has 3 N–H and O–H groups in total. The van der Waals surface area contributed by atoms with Gasteiger partial charge >= 0.3 is 0 Å². The molecule has 1 saturated heterocycles. The van der Waals surface area contributed by atoms with Crippen LogP contribution in [0.1, 0.15) is 18.4 Å². The number of imide groups is 1. The van der Waals surface area contributed by atoms with Crippen molar-refractivity contribution in [3.63, 3.8) is 0 Å².